The number of aliphatic imine (C=N–C) groups is 1. The van der Waals surface area contributed by atoms with Gasteiger partial charge in [0.2, 0.25) is 5.91 Å². The molecule has 2 heterocycles. The zero-order valence-corrected chi connectivity index (χ0v) is 17.0. The van der Waals surface area contributed by atoms with E-state index in [2.05, 4.69) is 22.1 Å². The number of carbonyl (C=O) groups excluding carboxylic acids is 2. The first-order valence-corrected chi connectivity index (χ1v) is 10.1. The van der Waals surface area contributed by atoms with Gasteiger partial charge in [-0.2, -0.15) is 18.3 Å². The third-order valence-corrected chi connectivity index (χ3v) is 6.05. The highest BCUT2D eigenvalue weighted by Gasteiger charge is 2.39. The number of aromatic nitrogens is 2. The van der Waals surface area contributed by atoms with Crippen LogP contribution in [0.4, 0.5) is 18.2 Å². The number of aryl methyl sites for hydroxylation is 1. The summed E-state index contributed by atoms with van der Waals surface area (Å²) in [4.78, 5) is 29.1. The van der Waals surface area contributed by atoms with Crippen molar-refractivity contribution in [2.75, 3.05) is 5.32 Å². The molecule has 1 N–H and O–H groups in total. The van der Waals surface area contributed by atoms with Crippen LogP contribution >= 0.6 is 11.3 Å². The maximum absolute atomic E-state index is 13.3. The van der Waals surface area contributed by atoms with Gasteiger partial charge in [-0.3, -0.25) is 14.3 Å². The fourth-order valence-electron chi connectivity index (χ4n) is 3.73. The smallest absolute Gasteiger partial charge is 0.315 e. The molecule has 0 bridgehead atoms. The summed E-state index contributed by atoms with van der Waals surface area (Å²) in [6, 6.07) is 0. The van der Waals surface area contributed by atoms with Gasteiger partial charge < -0.3 is 5.32 Å². The first kappa shape index (κ1) is 21.2. The summed E-state index contributed by atoms with van der Waals surface area (Å²) in [5.74, 6) is -1.09. The second-order valence-corrected chi connectivity index (χ2v) is 8.07. The van der Waals surface area contributed by atoms with Crippen LogP contribution in [0.25, 0.3) is 0 Å². The molecule has 2 aromatic heterocycles. The van der Waals surface area contributed by atoms with Crippen LogP contribution in [0.3, 0.4) is 0 Å². The number of amides is 2. The van der Waals surface area contributed by atoms with E-state index in [1.807, 2.05) is 13.8 Å². The standard InChI is InChI=1S/C19H21F3N4O2S/c1-4-11-10(2)29-18(15(11)17(28)23-3)24-14(27)9-26-13-8-6-5-7-12(13)16(25-26)19(20,21)22/h3-9H2,1-2H3,(H,24,27). The molecule has 0 saturated heterocycles. The van der Waals surface area contributed by atoms with E-state index in [0.717, 1.165) is 21.5 Å². The molecule has 156 valence electrons. The summed E-state index contributed by atoms with van der Waals surface area (Å²) in [7, 11) is 0. The van der Waals surface area contributed by atoms with Crippen LogP contribution in [0.5, 0.6) is 0 Å². The zero-order valence-electron chi connectivity index (χ0n) is 16.2. The van der Waals surface area contributed by atoms with Gasteiger partial charge in [-0.25, -0.2) is 4.99 Å². The highest BCUT2D eigenvalue weighted by Crippen LogP contribution is 2.36. The van der Waals surface area contributed by atoms with E-state index in [-0.39, 0.29) is 17.7 Å². The fourth-order valence-corrected chi connectivity index (χ4v) is 4.88. The normalized spacial score (nSPS) is 13.8. The van der Waals surface area contributed by atoms with Gasteiger partial charge in [0, 0.05) is 16.1 Å². The highest BCUT2D eigenvalue weighted by atomic mass is 32.1. The molecule has 10 heteroatoms. The molecule has 0 saturated carbocycles. The van der Waals surface area contributed by atoms with Crippen molar-refractivity contribution < 1.29 is 22.8 Å². The van der Waals surface area contributed by atoms with Crippen LogP contribution in [0.1, 0.15) is 57.5 Å². The van der Waals surface area contributed by atoms with E-state index in [0.29, 0.717) is 36.4 Å². The predicted octanol–water partition coefficient (Wildman–Crippen LogP) is 4.19. The van der Waals surface area contributed by atoms with E-state index in [1.54, 1.807) is 0 Å². The fraction of sp³-hybridized carbons (Fsp3) is 0.474. The Morgan fingerprint density at radius 3 is 2.62 bits per heavy atom. The Balaban J connectivity index is 1.89. The molecule has 29 heavy (non-hydrogen) atoms. The summed E-state index contributed by atoms with van der Waals surface area (Å²) in [5, 5.41) is 6.68. The van der Waals surface area contributed by atoms with Crippen LogP contribution < -0.4 is 5.32 Å². The van der Waals surface area contributed by atoms with Crippen molar-refractivity contribution in [2.45, 2.75) is 58.7 Å². The maximum atomic E-state index is 13.3. The minimum atomic E-state index is -4.56. The predicted molar refractivity (Wildman–Crippen MR) is 105 cm³/mol. The van der Waals surface area contributed by atoms with Gasteiger partial charge in [0.05, 0.1) is 5.56 Å². The number of nitrogens with one attached hydrogen (secondary N) is 1. The Morgan fingerprint density at radius 2 is 2.00 bits per heavy atom. The number of hydrogen-bond acceptors (Lipinski definition) is 4. The summed E-state index contributed by atoms with van der Waals surface area (Å²) >= 11 is 1.24. The van der Waals surface area contributed by atoms with Gasteiger partial charge in [-0.1, -0.05) is 6.92 Å². The van der Waals surface area contributed by atoms with Crippen molar-refractivity contribution in [1.82, 2.24) is 9.78 Å². The third kappa shape index (κ3) is 4.12. The van der Waals surface area contributed by atoms with Crippen LogP contribution in [0.15, 0.2) is 4.99 Å². The second kappa shape index (κ2) is 8.10. The number of carbonyl (C=O) groups is 2. The minimum absolute atomic E-state index is 0.184. The van der Waals surface area contributed by atoms with E-state index in [4.69, 9.17) is 0 Å². The molecule has 1 aliphatic carbocycles. The van der Waals surface area contributed by atoms with Crippen LogP contribution in [-0.2, 0) is 36.8 Å². The number of hydrogen-bond donors (Lipinski definition) is 1. The molecule has 1 aliphatic rings. The molecule has 2 aromatic rings. The summed E-state index contributed by atoms with van der Waals surface area (Å²) in [6.45, 7) is 6.62. The lowest BCUT2D eigenvalue weighted by Crippen LogP contribution is -2.22. The highest BCUT2D eigenvalue weighted by molar-refractivity contribution is 7.16. The molecule has 0 aliphatic heterocycles. The van der Waals surface area contributed by atoms with Crippen LogP contribution in [0, 0.1) is 6.92 Å². The van der Waals surface area contributed by atoms with Crippen molar-refractivity contribution >= 4 is 34.9 Å². The van der Waals surface area contributed by atoms with E-state index < -0.39 is 23.7 Å². The van der Waals surface area contributed by atoms with Gasteiger partial charge in [0.1, 0.15) is 11.5 Å². The lowest BCUT2D eigenvalue weighted by atomic mass is 9.95. The molecule has 0 fully saturated rings. The van der Waals surface area contributed by atoms with Gasteiger partial charge in [-0.15, -0.1) is 11.3 Å². The largest absolute Gasteiger partial charge is 0.435 e. The number of rotatable bonds is 5. The van der Waals surface area contributed by atoms with E-state index in [1.165, 1.54) is 11.3 Å². The maximum Gasteiger partial charge on any atom is 0.435 e. The van der Waals surface area contributed by atoms with Crippen LogP contribution in [0.2, 0.25) is 0 Å². The van der Waals surface area contributed by atoms with Crippen molar-refractivity contribution in [2.24, 2.45) is 4.99 Å². The molecular weight excluding hydrogens is 405 g/mol. The Morgan fingerprint density at radius 1 is 1.31 bits per heavy atom. The first-order chi connectivity index (χ1) is 13.7. The second-order valence-electron chi connectivity index (χ2n) is 6.84. The Labute approximate surface area is 169 Å². The summed E-state index contributed by atoms with van der Waals surface area (Å²) < 4.78 is 41.1. The number of thiophene rings is 1. The zero-order chi connectivity index (χ0) is 21.3. The SMILES string of the molecule is C=NC(=O)c1c(NC(=O)Cn2nc(C(F)(F)F)c3c2CCCC3)sc(C)c1CC. The Hall–Kier alpha value is -2.49. The summed E-state index contributed by atoms with van der Waals surface area (Å²) in [6.07, 6.45) is -1.80. The summed E-state index contributed by atoms with van der Waals surface area (Å²) in [5.41, 5.74) is 0.796. The van der Waals surface area contributed by atoms with Gasteiger partial charge >= 0.3 is 6.18 Å². The molecule has 2 amide bonds. The van der Waals surface area contributed by atoms with Crippen molar-refractivity contribution in [3.63, 3.8) is 0 Å². The molecule has 6 nitrogen and oxygen atoms in total. The monoisotopic (exact) mass is 426 g/mol. The average Bonchev–Trinajstić information content (AvgIpc) is 3.18. The minimum Gasteiger partial charge on any atom is -0.315 e. The molecule has 0 radical (unpaired) electrons. The van der Waals surface area contributed by atoms with Crippen LogP contribution in [-0.4, -0.2) is 28.3 Å². The molecule has 0 atom stereocenters. The van der Waals surface area contributed by atoms with Gasteiger partial charge in [0.25, 0.3) is 5.91 Å². The third-order valence-electron chi connectivity index (χ3n) is 4.99. The van der Waals surface area contributed by atoms with E-state index >= 15 is 0 Å². The lowest BCUT2D eigenvalue weighted by Gasteiger charge is -2.14. The number of anilines is 1. The van der Waals surface area contributed by atoms with Crippen molar-refractivity contribution in [3.8, 4) is 0 Å². The Kier molecular flexibility index (Phi) is 5.92. The quantitative estimate of drug-likeness (QED) is 0.729. The number of halogens is 3. The number of alkyl halides is 3. The van der Waals surface area contributed by atoms with E-state index in [9.17, 15) is 22.8 Å². The molecular formula is C19H21F3N4O2S. The van der Waals surface area contributed by atoms with Crippen molar-refractivity contribution in [1.29, 1.82) is 0 Å². The molecule has 0 unspecified atom stereocenters. The number of fused-ring (bicyclic) bond motifs is 1. The van der Waals surface area contributed by atoms with Gasteiger partial charge in [0.15, 0.2) is 5.69 Å². The topological polar surface area (TPSA) is 76.3 Å². The molecule has 3 rings (SSSR count). The average molecular weight is 426 g/mol. The first-order valence-electron chi connectivity index (χ1n) is 9.26. The van der Waals surface area contributed by atoms with Gasteiger partial charge in [-0.05, 0) is 51.3 Å². The molecule has 0 aromatic carbocycles. The molecule has 0 spiro atoms. The lowest BCUT2D eigenvalue weighted by molar-refractivity contribution is -0.142. The number of nitrogens with zero attached hydrogens (tertiary/aromatic N) is 3. The van der Waals surface area contributed by atoms with Crippen molar-refractivity contribution in [3.05, 3.63) is 33.0 Å². The Bertz CT molecular complexity index is 975.